The topological polar surface area (TPSA) is 46.6 Å². The fraction of sp³-hybridized carbons (Fsp3) is 0.300. The van der Waals surface area contributed by atoms with Gasteiger partial charge in [-0.15, -0.1) is 0 Å². The average Bonchev–Trinajstić information content (AvgIpc) is 2.39. The van der Waals surface area contributed by atoms with Crippen LogP contribution in [0, 0.1) is 0 Å². The van der Waals surface area contributed by atoms with Crippen LogP contribution in [0.4, 0.5) is 5.69 Å². The van der Waals surface area contributed by atoms with Gasteiger partial charge in [0.1, 0.15) is 0 Å². The van der Waals surface area contributed by atoms with Gasteiger partial charge >= 0.3 is 0 Å². The fourth-order valence-corrected chi connectivity index (χ4v) is 2.62. The summed E-state index contributed by atoms with van der Waals surface area (Å²) in [4.78, 5) is 11.9. The Hall–Kier alpha value is -0.910. The molecule has 0 bridgehead atoms. The zero-order chi connectivity index (χ0) is 11.9. The minimum atomic E-state index is -1.78. The summed E-state index contributed by atoms with van der Waals surface area (Å²) in [5, 5.41) is 0.557. The van der Waals surface area contributed by atoms with Gasteiger partial charge in [0.2, 0.25) is 0 Å². The molecule has 1 aromatic carbocycles. The quantitative estimate of drug-likeness (QED) is 0.776. The second-order valence-corrected chi connectivity index (χ2v) is 5.29. The molecule has 16 heavy (non-hydrogen) atoms. The Bertz CT molecular complexity index is 458. The highest BCUT2D eigenvalue weighted by molar-refractivity contribution is 7.83. The molecule has 0 spiro atoms. The van der Waals surface area contributed by atoms with Crippen molar-refractivity contribution in [1.29, 1.82) is 0 Å². The van der Waals surface area contributed by atoms with Gasteiger partial charge < -0.3 is 0 Å². The van der Waals surface area contributed by atoms with E-state index in [1.165, 1.54) is 0 Å². The van der Waals surface area contributed by atoms with Crippen LogP contribution in [0.3, 0.4) is 0 Å². The first-order valence-electron chi connectivity index (χ1n) is 4.63. The maximum atomic E-state index is 11.9. The molecular weight excluding hydrogens is 250 g/mol. The number of halogens is 1. The molecule has 1 heterocycles. The van der Waals surface area contributed by atoms with Crippen LogP contribution >= 0.6 is 11.6 Å². The normalized spacial score (nSPS) is 23.8. The van der Waals surface area contributed by atoms with E-state index >= 15 is 0 Å². The number of amides is 1. The van der Waals surface area contributed by atoms with E-state index in [-0.39, 0.29) is 5.91 Å². The molecule has 1 aliphatic heterocycles. The Kier molecular flexibility index (Phi) is 2.77. The van der Waals surface area contributed by atoms with Crippen LogP contribution in [0.25, 0.3) is 0 Å². The molecular formula is C10H10ClNO3S. The average molecular weight is 260 g/mol. The van der Waals surface area contributed by atoms with Crippen LogP contribution in [0.2, 0.25) is 5.02 Å². The standard InChI is InChI=1S/C10H10ClNO3S/c1-10(2)9(13)12(16(14)15-10)8-5-3-7(11)4-6-8/h3-6H,1-2H3. The van der Waals surface area contributed by atoms with Gasteiger partial charge in [-0.25, -0.2) is 8.51 Å². The Morgan fingerprint density at radius 3 is 2.31 bits per heavy atom. The third kappa shape index (κ3) is 1.86. The van der Waals surface area contributed by atoms with Gasteiger partial charge in [0, 0.05) is 5.02 Å². The van der Waals surface area contributed by atoms with Crippen LogP contribution in [-0.4, -0.2) is 15.7 Å². The summed E-state index contributed by atoms with van der Waals surface area (Å²) in [5.41, 5.74) is -0.539. The Labute approximate surface area is 101 Å². The highest BCUT2D eigenvalue weighted by Gasteiger charge is 2.46. The van der Waals surface area contributed by atoms with Gasteiger partial charge in [-0.3, -0.25) is 8.98 Å². The maximum Gasteiger partial charge on any atom is 0.273 e. The first-order chi connectivity index (χ1) is 7.42. The van der Waals surface area contributed by atoms with Crippen molar-refractivity contribution in [3.63, 3.8) is 0 Å². The van der Waals surface area contributed by atoms with Gasteiger partial charge in [-0.2, -0.15) is 0 Å². The van der Waals surface area contributed by atoms with Crippen molar-refractivity contribution >= 4 is 34.5 Å². The maximum absolute atomic E-state index is 11.9. The minimum absolute atomic E-state index is 0.326. The summed E-state index contributed by atoms with van der Waals surface area (Å²) in [7, 11) is 0. The monoisotopic (exact) mass is 259 g/mol. The number of hydrogen-bond acceptors (Lipinski definition) is 3. The largest absolute Gasteiger partial charge is 0.273 e. The zero-order valence-corrected chi connectivity index (χ0v) is 10.3. The lowest BCUT2D eigenvalue weighted by Gasteiger charge is -2.13. The number of carbonyl (C=O) groups excluding carboxylic acids is 1. The van der Waals surface area contributed by atoms with Crippen molar-refractivity contribution in [1.82, 2.24) is 0 Å². The molecule has 4 nitrogen and oxygen atoms in total. The molecule has 86 valence electrons. The summed E-state index contributed by atoms with van der Waals surface area (Å²) >= 11 is 3.96. The number of hydrogen-bond donors (Lipinski definition) is 0. The van der Waals surface area contributed by atoms with Gasteiger partial charge in [0.25, 0.3) is 17.2 Å². The molecule has 1 unspecified atom stereocenters. The summed E-state index contributed by atoms with van der Waals surface area (Å²) in [6.07, 6.45) is 0. The SMILES string of the molecule is CC1(C)OS(=O)N(c2ccc(Cl)cc2)C1=O. The molecule has 0 radical (unpaired) electrons. The molecule has 6 heteroatoms. The van der Waals surface area contributed by atoms with Gasteiger partial charge in [-0.1, -0.05) is 11.6 Å². The Morgan fingerprint density at radius 2 is 1.88 bits per heavy atom. The molecule has 0 aromatic heterocycles. The number of benzene rings is 1. The Balaban J connectivity index is 2.39. The molecule has 1 amide bonds. The summed E-state index contributed by atoms with van der Waals surface area (Å²) in [5.74, 6) is -0.326. The van der Waals surface area contributed by atoms with Crippen molar-refractivity contribution in [3.8, 4) is 0 Å². The minimum Gasteiger partial charge on any atom is -0.270 e. The van der Waals surface area contributed by atoms with E-state index in [0.29, 0.717) is 10.7 Å². The predicted molar refractivity (Wildman–Crippen MR) is 62.2 cm³/mol. The van der Waals surface area contributed by atoms with E-state index < -0.39 is 16.9 Å². The third-order valence-corrected chi connectivity index (χ3v) is 3.68. The van der Waals surface area contributed by atoms with Crippen LogP contribution in [-0.2, 0) is 20.2 Å². The lowest BCUT2D eigenvalue weighted by Crippen LogP contribution is -2.35. The lowest BCUT2D eigenvalue weighted by molar-refractivity contribution is -0.126. The second-order valence-electron chi connectivity index (χ2n) is 3.89. The number of carbonyl (C=O) groups is 1. The number of nitrogens with zero attached hydrogens (tertiary/aromatic N) is 1. The first kappa shape index (κ1) is 11.6. The number of rotatable bonds is 1. The molecule has 0 aliphatic carbocycles. The van der Waals surface area contributed by atoms with Crippen molar-refractivity contribution in [2.45, 2.75) is 19.4 Å². The van der Waals surface area contributed by atoms with Gasteiger partial charge in [0.05, 0.1) is 5.69 Å². The van der Waals surface area contributed by atoms with E-state index in [2.05, 4.69) is 0 Å². The zero-order valence-electron chi connectivity index (χ0n) is 8.77. The lowest BCUT2D eigenvalue weighted by atomic mass is 10.1. The predicted octanol–water partition coefficient (Wildman–Crippen LogP) is 2.06. The van der Waals surface area contributed by atoms with E-state index in [0.717, 1.165) is 4.31 Å². The van der Waals surface area contributed by atoms with Gasteiger partial charge in [0.15, 0.2) is 5.60 Å². The second kappa shape index (κ2) is 3.84. The van der Waals surface area contributed by atoms with Crippen molar-refractivity contribution in [3.05, 3.63) is 29.3 Å². The number of anilines is 1. The van der Waals surface area contributed by atoms with Crippen LogP contribution < -0.4 is 4.31 Å². The summed E-state index contributed by atoms with van der Waals surface area (Å²) < 4.78 is 17.8. The van der Waals surface area contributed by atoms with Crippen molar-refractivity contribution in [2.24, 2.45) is 0 Å². The van der Waals surface area contributed by atoms with Crippen LogP contribution in [0.15, 0.2) is 24.3 Å². The smallest absolute Gasteiger partial charge is 0.270 e. The van der Waals surface area contributed by atoms with E-state index in [9.17, 15) is 9.00 Å². The van der Waals surface area contributed by atoms with E-state index in [4.69, 9.17) is 15.8 Å². The van der Waals surface area contributed by atoms with Crippen LogP contribution in [0.5, 0.6) is 0 Å². The molecule has 1 fully saturated rings. The van der Waals surface area contributed by atoms with Crippen molar-refractivity contribution < 1.29 is 13.2 Å². The summed E-state index contributed by atoms with van der Waals surface area (Å²) in [6, 6.07) is 6.52. The highest BCUT2D eigenvalue weighted by Crippen LogP contribution is 2.31. The van der Waals surface area contributed by atoms with Crippen LogP contribution in [0.1, 0.15) is 13.8 Å². The first-order valence-corrected chi connectivity index (χ1v) is 6.04. The molecule has 0 N–H and O–H groups in total. The molecule has 0 saturated carbocycles. The fourth-order valence-electron chi connectivity index (χ4n) is 1.34. The highest BCUT2D eigenvalue weighted by atomic mass is 35.5. The molecule has 1 atom stereocenters. The van der Waals surface area contributed by atoms with Crippen molar-refractivity contribution in [2.75, 3.05) is 4.31 Å². The van der Waals surface area contributed by atoms with E-state index in [1.807, 2.05) is 0 Å². The van der Waals surface area contributed by atoms with Gasteiger partial charge in [-0.05, 0) is 38.1 Å². The third-order valence-electron chi connectivity index (χ3n) is 2.19. The van der Waals surface area contributed by atoms with E-state index in [1.54, 1.807) is 38.1 Å². The Morgan fingerprint density at radius 1 is 1.31 bits per heavy atom. The summed E-state index contributed by atoms with van der Waals surface area (Å²) in [6.45, 7) is 3.17. The molecule has 1 aliphatic rings. The molecule has 1 saturated heterocycles. The molecule has 2 rings (SSSR count). The molecule has 1 aromatic rings.